The molecule has 0 spiro atoms. The highest BCUT2D eigenvalue weighted by Gasteiger charge is 2.17. The lowest BCUT2D eigenvalue weighted by atomic mass is 10.1. The first kappa shape index (κ1) is 12.1. The number of para-hydroxylation sites is 1. The molecule has 0 radical (unpaired) electrons. The van der Waals surface area contributed by atoms with Crippen LogP contribution in [0.1, 0.15) is 11.1 Å². The molecule has 3 rings (SSSR count). The Balaban J connectivity index is 1.82. The largest absolute Gasteiger partial charge is 0.369 e. The van der Waals surface area contributed by atoms with Gasteiger partial charge in [-0.2, -0.15) is 0 Å². The number of aliphatic imine (C=N–C) groups is 1. The van der Waals surface area contributed by atoms with Crippen molar-refractivity contribution in [1.82, 2.24) is 4.90 Å². The van der Waals surface area contributed by atoms with Crippen LogP contribution in [0.2, 0.25) is 5.02 Å². The first-order chi connectivity index (χ1) is 9.22. The van der Waals surface area contributed by atoms with Gasteiger partial charge in [0.05, 0.1) is 5.69 Å². The third-order valence-electron chi connectivity index (χ3n) is 3.20. The minimum atomic E-state index is 0.564. The number of hydrogen-bond donors (Lipinski definition) is 1. The van der Waals surface area contributed by atoms with E-state index in [1.54, 1.807) is 0 Å². The van der Waals surface area contributed by atoms with Gasteiger partial charge < -0.3 is 10.6 Å². The van der Waals surface area contributed by atoms with Gasteiger partial charge in [0.2, 0.25) is 0 Å². The van der Waals surface area contributed by atoms with Crippen LogP contribution in [0, 0.1) is 0 Å². The van der Waals surface area contributed by atoms with Gasteiger partial charge in [-0.05, 0) is 29.3 Å². The molecule has 0 atom stereocenters. The van der Waals surface area contributed by atoms with Crippen molar-refractivity contribution in [1.29, 1.82) is 0 Å². The fraction of sp³-hybridized carbons (Fsp3) is 0.133. The predicted octanol–water partition coefficient (Wildman–Crippen LogP) is 3.30. The number of rotatable bonds is 2. The molecule has 0 aliphatic carbocycles. The summed E-state index contributed by atoms with van der Waals surface area (Å²) in [5, 5.41) is 0.745. The van der Waals surface area contributed by atoms with Crippen molar-refractivity contribution in [2.75, 3.05) is 0 Å². The quantitative estimate of drug-likeness (QED) is 0.911. The molecule has 0 unspecified atom stereocenters. The van der Waals surface area contributed by atoms with Gasteiger partial charge in [-0.1, -0.05) is 41.9 Å². The van der Waals surface area contributed by atoms with E-state index >= 15 is 0 Å². The molecule has 0 saturated carbocycles. The average molecular weight is 272 g/mol. The van der Waals surface area contributed by atoms with Crippen LogP contribution in [-0.2, 0) is 13.1 Å². The van der Waals surface area contributed by atoms with Crippen LogP contribution in [0.3, 0.4) is 0 Å². The highest BCUT2D eigenvalue weighted by Crippen LogP contribution is 2.25. The van der Waals surface area contributed by atoms with Gasteiger partial charge in [-0.3, -0.25) is 0 Å². The average Bonchev–Trinajstić information content (AvgIpc) is 2.42. The van der Waals surface area contributed by atoms with Crippen LogP contribution in [0.4, 0.5) is 5.69 Å². The Morgan fingerprint density at radius 3 is 2.63 bits per heavy atom. The van der Waals surface area contributed by atoms with E-state index in [-0.39, 0.29) is 0 Å². The molecule has 0 aromatic heterocycles. The van der Waals surface area contributed by atoms with Crippen LogP contribution in [0.5, 0.6) is 0 Å². The molecular weight excluding hydrogens is 258 g/mol. The van der Waals surface area contributed by atoms with E-state index in [2.05, 4.69) is 16.0 Å². The lowest BCUT2D eigenvalue weighted by molar-refractivity contribution is 0.396. The highest BCUT2D eigenvalue weighted by atomic mass is 35.5. The fourth-order valence-electron chi connectivity index (χ4n) is 2.18. The Morgan fingerprint density at radius 2 is 1.84 bits per heavy atom. The number of nitrogens with two attached hydrogens (primary N) is 1. The van der Waals surface area contributed by atoms with Gasteiger partial charge in [0, 0.05) is 18.1 Å². The minimum Gasteiger partial charge on any atom is -0.369 e. The van der Waals surface area contributed by atoms with Crippen molar-refractivity contribution in [2.45, 2.75) is 13.1 Å². The summed E-state index contributed by atoms with van der Waals surface area (Å²) in [7, 11) is 0. The molecule has 2 N–H and O–H groups in total. The zero-order valence-corrected chi connectivity index (χ0v) is 11.1. The van der Waals surface area contributed by atoms with Crippen molar-refractivity contribution in [3.63, 3.8) is 0 Å². The Labute approximate surface area is 117 Å². The number of benzene rings is 2. The zero-order valence-electron chi connectivity index (χ0n) is 10.4. The Kier molecular flexibility index (Phi) is 3.13. The van der Waals surface area contributed by atoms with Gasteiger partial charge in [0.1, 0.15) is 0 Å². The number of halogens is 1. The lowest BCUT2D eigenvalue weighted by Gasteiger charge is -2.28. The summed E-state index contributed by atoms with van der Waals surface area (Å²) >= 11 is 5.89. The van der Waals surface area contributed by atoms with Gasteiger partial charge in [-0.25, -0.2) is 4.99 Å². The summed E-state index contributed by atoms with van der Waals surface area (Å²) in [5.74, 6) is 0.564. The second-order valence-electron chi connectivity index (χ2n) is 4.58. The van der Waals surface area contributed by atoms with E-state index in [0.717, 1.165) is 23.8 Å². The molecule has 2 aromatic rings. The van der Waals surface area contributed by atoms with Gasteiger partial charge in [-0.15, -0.1) is 0 Å². The van der Waals surface area contributed by atoms with Gasteiger partial charge >= 0.3 is 0 Å². The second kappa shape index (κ2) is 4.94. The summed E-state index contributed by atoms with van der Waals surface area (Å²) in [6, 6.07) is 15.9. The van der Waals surface area contributed by atoms with E-state index in [4.69, 9.17) is 17.3 Å². The monoisotopic (exact) mass is 271 g/mol. The lowest BCUT2D eigenvalue weighted by Crippen LogP contribution is -2.38. The second-order valence-corrected chi connectivity index (χ2v) is 5.02. The van der Waals surface area contributed by atoms with Crippen LogP contribution < -0.4 is 5.73 Å². The Bertz CT molecular complexity index is 620. The van der Waals surface area contributed by atoms with Crippen LogP contribution in [0.15, 0.2) is 53.5 Å². The van der Waals surface area contributed by atoms with E-state index in [0.29, 0.717) is 5.96 Å². The van der Waals surface area contributed by atoms with Crippen molar-refractivity contribution < 1.29 is 0 Å². The van der Waals surface area contributed by atoms with Crippen LogP contribution in [0.25, 0.3) is 0 Å². The SMILES string of the molecule is NC1=Nc2ccccc2CN1Cc1ccc(Cl)cc1. The van der Waals surface area contributed by atoms with Gasteiger partial charge in [0.25, 0.3) is 0 Å². The molecule has 1 aliphatic heterocycles. The third-order valence-corrected chi connectivity index (χ3v) is 3.45. The number of guanidine groups is 1. The molecule has 2 aromatic carbocycles. The first-order valence-electron chi connectivity index (χ1n) is 6.14. The van der Waals surface area contributed by atoms with Crippen molar-refractivity contribution >= 4 is 23.2 Å². The van der Waals surface area contributed by atoms with Crippen LogP contribution in [-0.4, -0.2) is 10.9 Å². The smallest absolute Gasteiger partial charge is 0.197 e. The molecule has 0 saturated heterocycles. The maximum atomic E-state index is 6.02. The van der Waals surface area contributed by atoms with Crippen molar-refractivity contribution in [3.05, 3.63) is 64.7 Å². The molecule has 0 amide bonds. The van der Waals surface area contributed by atoms with Crippen molar-refractivity contribution in [3.8, 4) is 0 Å². The Morgan fingerprint density at radius 1 is 1.11 bits per heavy atom. The molecular formula is C15H14ClN3. The topological polar surface area (TPSA) is 41.6 Å². The summed E-state index contributed by atoms with van der Waals surface area (Å²) < 4.78 is 0. The molecule has 3 nitrogen and oxygen atoms in total. The molecule has 1 heterocycles. The Hall–Kier alpha value is -2.00. The normalized spacial score (nSPS) is 13.9. The predicted molar refractivity (Wildman–Crippen MR) is 78.4 cm³/mol. The summed E-state index contributed by atoms with van der Waals surface area (Å²) in [6.45, 7) is 1.52. The first-order valence-corrected chi connectivity index (χ1v) is 6.51. The van der Waals surface area contributed by atoms with E-state index in [1.807, 2.05) is 42.5 Å². The maximum absolute atomic E-state index is 6.02. The standard InChI is InChI=1S/C15H14ClN3/c16-13-7-5-11(6-8-13)9-19-10-12-3-1-2-4-14(12)18-15(19)17/h1-8H,9-10H2,(H2,17,18). The molecule has 96 valence electrons. The molecule has 4 heteroatoms. The number of fused-ring (bicyclic) bond motifs is 1. The number of hydrogen-bond acceptors (Lipinski definition) is 3. The van der Waals surface area contributed by atoms with E-state index in [9.17, 15) is 0 Å². The van der Waals surface area contributed by atoms with Crippen LogP contribution >= 0.6 is 11.6 Å². The summed E-state index contributed by atoms with van der Waals surface area (Å²) in [5.41, 5.74) is 9.35. The summed E-state index contributed by atoms with van der Waals surface area (Å²) in [6.07, 6.45) is 0. The van der Waals surface area contributed by atoms with E-state index < -0.39 is 0 Å². The number of nitrogens with zero attached hydrogens (tertiary/aromatic N) is 2. The minimum absolute atomic E-state index is 0.564. The third kappa shape index (κ3) is 2.56. The molecule has 19 heavy (non-hydrogen) atoms. The molecule has 1 aliphatic rings. The molecule has 0 fully saturated rings. The summed E-state index contributed by atoms with van der Waals surface area (Å²) in [4.78, 5) is 6.50. The van der Waals surface area contributed by atoms with Gasteiger partial charge in [0.15, 0.2) is 5.96 Å². The highest BCUT2D eigenvalue weighted by molar-refractivity contribution is 6.30. The maximum Gasteiger partial charge on any atom is 0.197 e. The molecule has 0 bridgehead atoms. The van der Waals surface area contributed by atoms with E-state index in [1.165, 1.54) is 11.1 Å². The fourth-order valence-corrected chi connectivity index (χ4v) is 2.31. The zero-order chi connectivity index (χ0) is 13.2. The van der Waals surface area contributed by atoms with Crippen molar-refractivity contribution in [2.24, 2.45) is 10.7 Å².